The van der Waals surface area contributed by atoms with E-state index in [-0.39, 0.29) is 5.82 Å². The second kappa shape index (κ2) is 5.27. The lowest BCUT2D eigenvalue weighted by Gasteiger charge is -2.07. The Hall–Kier alpha value is -2.09. The molecule has 2 rings (SSSR count). The summed E-state index contributed by atoms with van der Waals surface area (Å²) in [5, 5.41) is 2.29. The summed E-state index contributed by atoms with van der Waals surface area (Å²) in [6, 6.07) is 1.55. The fourth-order valence-corrected chi connectivity index (χ4v) is 1.54. The number of nitrogen functional groups attached to an aromatic ring is 1. The fraction of sp³-hybridized carbons (Fsp3) is 0. The van der Waals surface area contributed by atoms with Crippen LogP contribution in [0.4, 0.5) is 20.3 Å². The van der Waals surface area contributed by atoms with E-state index in [1.807, 2.05) is 0 Å². The van der Waals surface area contributed by atoms with Crippen molar-refractivity contribution in [2.24, 2.45) is 0 Å². The van der Waals surface area contributed by atoms with Gasteiger partial charge in [0.1, 0.15) is 10.4 Å². The van der Waals surface area contributed by atoms with Crippen LogP contribution in [0.3, 0.4) is 0 Å². The highest BCUT2D eigenvalue weighted by Crippen LogP contribution is 2.18. The maximum atomic E-state index is 13.6. The number of rotatable bonds is 2. The molecule has 0 bridgehead atoms. The Kier molecular flexibility index (Phi) is 3.70. The molecule has 1 aromatic carbocycles. The molecule has 0 atom stereocenters. The van der Waals surface area contributed by atoms with Crippen LogP contribution in [0.1, 0.15) is 10.4 Å². The quantitative estimate of drug-likeness (QED) is 0.829. The van der Waals surface area contributed by atoms with E-state index < -0.39 is 28.8 Å². The molecule has 0 spiro atoms. The predicted molar refractivity (Wildman–Crippen MR) is 68.5 cm³/mol. The molecule has 0 aliphatic carbocycles. The maximum absolute atomic E-state index is 13.6. The van der Waals surface area contributed by atoms with Crippen molar-refractivity contribution in [2.45, 2.75) is 0 Å². The molecule has 0 radical (unpaired) electrons. The van der Waals surface area contributed by atoms with Crippen LogP contribution in [0.25, 0.3) is 0 Å². The SMILES string of the molecule is Nc1cc(F)cc(C(=O)Nc2cnc(Br)cn2)c1F. The number of aromatic nitrogens is 2. The molecular weight excluding hydrogens is 322 g/mol. The number of hydrogen-bond acceptors (Lipinski definition) is 4. The summed E-state index contributed by atoms with van der Waals surface area (Å²) in [6.45, 7) is 0. The van der Waals surface area contributed by atoms with Gasteiger partial charge in [0.05, 0.1) is 23.6 Å². The van der Waals surface area contributed by atoms with Crippen LogP contribution in [0.15, 0.2) is 29.1 Å². The zero-order valence-electron chi connectivity index (χ0n) is 9.32. The molecule has 8 heteroatoms. The first kappa shape index (κ1) is 13.3. The van der Waals surface area contributed by atoms with Crippen molar-refractivity contribution in [3.8, 4) is 0 Å². The minimum Gasteiger partial charge on any atom is -0.396 e. The van der Waals surface area contributed by atoms with Crippen molar-refractivity contribution in [1.82, 2.24) is 9.97 Å². The summed E-state index contributed by atoms with van der Waals surface area (Å²) in [5.74, 6) is -2.54. The average Bonchev–Trinajstić information content (AvgIpc) is 2.36. The lowest BCUT2D eigenvalue weighted by Crippen LogP contribution is -2.16. The maximum Gasteiger partial charge on any atom is 0.260 e. The van der Waals surface area contributed by atoms with Crippen molar-refractivity contribution < 1.29 is 13.6 Å². The average molecular weight is 329 g/mol. The number of carbonyl (C=O) groups is 1. The number of nitrogens with two attached hydrogens (primary N) is 1. The van der Waals surface area contributed by atoms with Gasteiger partial charge in [0.25, 0.3) is 5.91 Å². The van der Waals surface area contributed by atoms with E-state index >= 15 is 0 Å². The van der Waals surface area contributed by atoms with Gasteiger partial charge in [-0.2, -0.15) is 0 Å². The third-order valence-corrected chi connectivity index (χ3v) is 2.58. The Bertz CT molecular complexity index is 633. The number of benzene rings is 1. The fourth-order valence-electron chi connectivity index (χ4n) is 1.34. The largest absolute Gasteiger partial charge is 0.396 e. The summed E-state index contributed by atoms with van der Waals surface area (Å²) in [5.41, 5.74) is 4.31. The predicted octanol–water partition coefficient (Wildman–Crippen LogP) is 2.35. The van der Waals surface area contributed by atoms with Crippen LogP contribution in [0.5, 0.6) is 0 Å². The van der Waals surface area contributed by atoms with Crippen molar-refractivity contribution in [3.63, 3.8) is 0 Å². The lowest BCUT2D eigenvalue weighted by molar-refractivity contribution is 0.102. The van der Waals surface area contributed by atoms with Gasteiger partial charge in [0.15, 0.2) is 11.6 Å². The molecule has 0 fully saturated rings. The van der Waals surface area contributed by atoms with Gasteiger partial charge in [0.2, 0.25) is 0 Å². The highest BCUT2D eigenvalue weighted by atomic mass is 79.9. The Balaban J connectivity index is 2.27. The summed E-state index contributed by atoms with van der Waals surface area (Å²) in [4.78, 5) is 19.4. The summed E-state index contributed by atoms with van der Waals surface area (Å²) >= 11 is 3.07. The van der Waals surface area contributed by atoms with Gasteiger partial charge >= 0.3 is 0 Å². The second-order valence-electron chi connectivity index (χ2n) is 3.54. The third kappa shape index (κ3) is 3.02. The molecule has 5 nitrogen and oxygen atoms in total. The van der Waals surface area contributed by atoms with Crippen LogP contribution in [-0.2, 0) is 0 Å². The van der Waals surface area contributed by atoms with E-state index in [0.29, 0.717) is 4.60 Å². The van der Waals surface area contributed by atoms with Crippen LogP contribution in [0.2, 0.25) is 0 Å². The molecule has 1 aromatic heterocycles. The Morgan fingerprint density at radius 3 is 2.63 bits per heavy atom. The first-order valence-electron chi connectivity index (χ1n) is 5.01. The second-order valence-corrected chi connectivity index (χ2v) is 4.35. The molecule has 0 aliphatic rings. The summed E-state index contributed by atoms with van der Waals surface area (Å²) in [6.07, 6.45) is 2.62. The molecule has 0 saturated carbocycles. The Morgan fingerprint density at radius 1 is 1.26 bits per heavy atom. The molecule has 0 saturated heterocycles. The van der Waals surface area contributed by atoms with Crippen molar-refractivity contribution in [3.05, 3.63) is 46.3 Å². The molecule has 1 heterocycles. The molecular formula is C11H7BrF2N4O. The number of anilines is 2. The summed E-state index contributed by atoms with van der Waals surface area (Å²) in [7, 11) is 0. The number of halogens is 3. The van der Waals surface area contributed by atoms with Gasteiger partial charge in [0, 0.05) is 0 Å². The zero-order valence-corrected chi connectivity index (χ0v) is 10.9. The molecule has 2 aromatic rings. The normalized spacial score (nSPS) is 10.3. The smallest absolute Gasteiger partial charge is 0.260 e. The highest BCUT2D eigenvalue weighted by molar-refractivity contribution is 9.10. The first-order chi connectivity index (χ1) is 8.97. The number of nitrogens with one attached hydrogen (secondary N) is 1. The first-order valence-corrected chi connectivity index (χ1v) is 5.80. The van der Waals surface area contributed by atoms with Gasteiger partial charge in [-0.1, -0.05) is 0 Å². The van der Waals surface area contributed by atoms with Crippen LogP contribution in [0, 0.1) is 11.6 Å². The van der Waals surface area contributed by atoms with E-state index in [0.717, 1.165) is 12.1 Å². The number of amides is 1. The van der Waals surface area contributed by atoms with Crippen LogP contribution >= 0.6 is 15.9 Å². The summed E-state index contributed by atoms with van der Waals surface area (Å²) < 4.78 is 27.2. The Morgan fingerprint density at radius 2 is 2.00 bits per heavy atom. The van der Waals surface area contributed by atoms with Crippen molar-refractivity contribution >= 4 is 33.3 Å². The highest BCUT2D eigenvalue weighted by Gasteiger charge is 2.16. The third-order valence-electron chi connectivity index (χ3n) is 2.17. The van der Waals surface area contributed by atoms with Crippen molar-refractivity contribution in [1.29, 1.82) is 0 Å². The van der Waals surface area contributed by atoms with E-state index in [9.17, 15) is 13.6 Å². The molecule has 0 unspecified atom stereocenters. The van der Waals surface area contributed by atoms with Crippen molar-refractivity contribution in [2.75, 3.05) is 11.1 Å². The van der Waals surface area contributed by atoms with Crippen LogP contribution in [-0.4, -0.2) is 15.9 Å². The zero-order chi connectivity index (χ0) is 14.0. The lowest BCUT2D eigenvalue weighted by atomic mass is 10.1. The standard InChI is InChI=1S/C11H7BrF2N4O/c12-8-3-17-9(4-16-8)18-11(19)6-1-5(13)2-7(15)10(6)14/h1-4H,15H2,(H,17,18,19). The minimum absolute atomic E-state index is 0.107. The van der Waals surface area contributed by atoms with Crippen LogP contribution < -0.4 is 11.1 Å². The van der Waals surface area contributed by atoms with E-state index in [1.54, 1.807) is 0 Å². The molecule has 98 valence electrons. The number of carbonyl (C=O) groups excluding carboxylic acids is 1. The Labute approximate surface area is 115 Å². The number of nitrogens with zero attached hydrogens (tertiary/aromatic N) is 2. The van der Waals surface area contributed by atoms with Gasteiger partial charge in [-0.3, -0.25) is 4.79 Å². The monoisotopic (exact) mass is 328 g/mol. The van der Waals surface area contributed by atoms with Gasteiger partial charge in [-0.05, 0) is 28.1 Å². The van der Waals surface area contributed by atoms with Gasteiger partial charge < -0.3 is 11.1 Å². The van der Waals surface area contributed by atoms with Gasteiger partial charge in [-0.15, -0.1) is 0 Å². The topological polar surface area (TPSA) is 80.9 Å². The van der Waals surface area contributed by atoms with E-state index in [1.165, 1.54) is 12.4 Å². The number of hydrogen-bond donors (Lipinski definition) is 2. The molecule has 0 aliphatic heterocycles. The van der Waals surface area contributed by atoms with Gasteiger partial charge in [-0.25, -0.2) is 18.7 Å². The molecule has 1 amide bonds. The van der Waals surface area contributed by atoms with E-state index in [2.05, 4.69) is 31.2 Å². The minimum atomic E-state index is -0.982. The molecule has 3 N–H and O–H groups in total. The molecule has 19 heavy (non-hydrogen) atoms. The van der Waals surface area contributed by atoms with E-state index in [4.69, 9.17) is 5.73 Å².